The van der Waals surface area contributed by atoms with E-state index in [1.54, 1.807) is 43.8 Å². The highest BCUT2D eigenvalue weighted by Gasteiger charge is 2.28. The standard InChI is InChI=1S/C22H26N2O3/c1-3-15-27-20-9-8-18(16-21(20)26-2)22(25)24-14-6-4-5-7-19(24)17-10-12-23-13-11-17/h3,8-13,16,19H,1,4-7,14-15H2,2H3. The van der Waals surface area contributed by atoms with Gasteiger partial charge < -0.3 is 14.4 Å². The SMILES string of the molecule is C=CCOc1ccc(C(=O)N2CCCCCC2c2ccncc2)cc1OC. The van der Waals surface area contributed by atoms with Crippen LogP contribution in [0, 0.1) is 0 Å². The van der Waals surface area contributed by atoms with E-state index < -0.39 is 0 Å². The van der Waals surface area contributed by atoms with Crippen molar-refractivity contribution in [3.63, 3.8) is 0 Å². The highest BCUT2D eigenvalue weighted by Crippen LogP contribution is 2.33. The first-order valence-corrected chi connectivity index (χ1v) is 9.37. The van der Waals surface area contributed by atoms with E-state index in [1.165, 1.54) is 0 Å². The van der Waals surface area contributed by atoms with Crippen molar-refractivity contribution in [2.24, 2.45) is 0 Å². The van der Waals surface area contributed by atoms with E-state index in [2.05, 4.69) is 11.6 Å². The maximum Gasteiger partial charge on any atom is 0.254 e. The first-order valence-electron chi connectivity index (χ1n) is 9.37. The van der Waals surface area contributed by atoms with Crippen LogP contribution < -0.4 is 9.47 Å². The predicted octanol–water partition coefficient (Wildman–Crippen LogP) is 4.41. The molecule has 1 atom stereocenters. The van der Waals surface area contributed by atoms with Gasteiger partial charge in [0, 0.05) is 24.5 Å². The number of aromatic nitrogens is 1. The number of amides is 1. The van der Waals surface area contributed by atoms with Crippen molar-refractivity contribution in [2.45, 2.75) is 31.7 Å². The number of carbonyl (C=O) groups excluding carboxylic acids is 1. The van der Waals surface area contributed by atoms with E-state index in [9.17, 15) is 4.79 Å². The van der Waals surface area contributed by atoms with Crippen LogP contribution in [0.4, 0.5) is 0 Å². The van der Waals surface area contributed by atoms with Crippen molar-refractivity contribution < 1.29 is 14.3 Å². The number of rotatable bonds is 6. The van der Waals surface area contributed by atoms with Gasteiger partial charge in [0.2, 0.25) is 0 Å². The molecule has 1 saturated heterocycles. The molecule has 0 aliphatic carbocycles. The van der Waals surface area contributed by atoms with Gasteiger partial charge in [0.05, 0.1) is 13.2 Å². The van der Waals surface area contributed by atoms with Gasteiger partial charge in [-0.05, 0) is 48.7 Å². The van der Waals surface area contributed by atoms with Crippen molar-refractivity contribution in [1.29, 1.82) is 0 Å². The van der Waals surface area contributed by atoms with Crippen LogP contribution in [0.5, 0.6) is 11.5 Å². The molecule has 1 fully saturated rings. The van der Waals surface area contributed by atoms with Gasteiger partial charge in [0.25, 0.3) is 5.91 Å². The third-order valence-corrected chi connectivity index (χ3v) is 4.87. The Hall–Kier alpha value is -2.82. The normalized spacial score (nSPS) is 17.1. The zero-order valence-electron chi connectivity index (χ0n) is 15.8. The summed E-state index contributed by atoms with van der Waals surface area (Å²) in [7, 11) is 1.58. The Morgan fingerprint density at radius 2 is 2.04 bits per heavy atom. The van der Waals surface area contributed by atoms with E-state index in [-0.39, 0.29) is 11.9 Å². The molecule has 1 aliphatic heterocycles. The van der Waals surface area contributed by atoms with Crippen LogP contribution in [0.1, 0.15) is 47.6 Å². The van der Waals surface area contributed by atoms with Crippen LogP contribution in [0.25, 0.3) is 0 Å². The van der Waals surface area contributed by atoms with E-state index >= 15 is 0 Å². The summed E-state index contributed by atoms with van der Waals surface area (Å²) in [6.45, 7) is 4.79. The monoisotopic (exact) mass is 366 g/mol. The molecule has 1 amide bonds. The molecule has 5 nitrogen and oxygen atoms in total. The molecular weight excluding hydrogens is 340 g/mol. The number of ether oxygens (including phenoxy) is 2. The average molecular weight is 366 g/mol. The minimum atomic E-state index is 0.0206. The second-order valence-electron chi connectivity index (χ2n) is 6.61. The highest BCUT2D eigenvalue weighted by molar-refractivity contribution is 5.95. The Kier molecular flexibility index (Phi) is 6.47. The number of likely N-dealkylation sites (tertiary alicyclic amines) is 1. The molecule has 1 unspecified atom stereocenters. The molecule has 1 aromatic heterocycles. The maximum absolute atomic E-state index is 13.3. The molecule has 2 heterocycles. The fourth-order valence-electron chi connectivity index (χ4n) is 3.52. The molecule has 0 spiro atoms. The molecule has 0 N–H and O–H groups in total. The molecule has 0 radical (unpaired) electrons. The Labute approximate surface area is 160 Å². The van der Waals surface area contributed by atoms with E-state index in [4.69, 9.17) is 9.47 Å². The molecule has 142 valence electrons. The molecule has 1 aliphatic rings. The molecule has 3 rings (SSSR count). The third-order valence-electron chi connectivity index (χ3n) is 4.87. The van der Waals surface area contributed by atoms with E-state index in [0.717, 1.165) is 37.8 Å². The molecule has 0 bridgehead atoms. The second kappa shape index (κ2) is 9.21. The summed E-state index contributed by atoms with van der Waals surface area (Å²) in [5.41, 5.74) is 1.75. The Bertz CT molecular complexity index is 776. The number of pyridine rings is 1. The minimum absolute atomic E-state index is 0.0206. The van der Waals surface area contributed by atoms with Crippen LogP contribution in [0.3, 0.4) is 0 Å². The lowest BCUT2D eigenvalue weighted by molar-refractivity contribution is 0.0680. The number of hydrogen-bond acceptors (Lipinski definition) is 4. The van der Waals surface area contributed by atoms with Crippen LogP contribution >= 0.6 is 0 Å². The first kappa shape index (κ1) is 19.0. The fourth-order valence-corrected chi connectivity index (χ4v) is 3.52. The number of carbonyl (C=O) groups is 1. The van der Waals surface area contributed by atoms with Crippen LogP contribution in [0.2, 0.25) is 0 Å². The van der Waals surface area contributed by atoms with Crippen LogP contribution in [-0.4, -0.2) is 36.1 Å². The topological polar surface area (TPSA) is 51.7 Å². The second-order valence-corrected chi connectivity index (χ2v) is 6.61. The summed E-state index contributed by atoms with van der Waals surface area (Å²) in [6.07, 6.45) is 9.50. The summed E-state index contributed by atoms with van der Waals surface area (Å²) in [5, 5.41) is 0. The summed E-state index contributed by atoms with van der Waals surface area (Å²) < 4.78 is 11.0. The minimum Gasteiger partial charge on any atom is -0.493 e. The van der Waals surface area contributed by atoms with Gasteiger partial charge >= 0.3 is 0 Å². The number of nitrogens with zero attached hydrogens (tertiary/aromatic N) is 2. The summed E-state index contributed by atoms with van der Waals surface area (Å²) >= 11 is 0. The number of methoxy groups -OCH3 is 1. The summed E-state index contributed by atoms with van der Waals surface area (Å²) in [6, 6.07) is 9.43. The van der Waals surface area contributed by atoms with Gasteiger partial charge in [0.1, 0.15) is 6.61 Å². The average Bonchev–Trinajstić information content (AvgIpc) is 2.98. The van der Waals surface area contributed by atoms with Gasteiger partial charge in [-0.2, -0.15) is 0 Å². The fraction of sp³-hybridized carbons (Fsp3) is 0.364. The zero-order chi connectivity index (χ0) is 19.1. The largest absolute Gasteiger partial charge is 0.493 e. The smallest absolute Gasteiger partial charge is 0.254 e. The Morgan fingerprint density at radius 3 is 2.78 bits per heavy atom. The van der Waals surface area contributed by atoms with Crippen LogP contribution in [0.15, 0.2) is 55.4 Å². The van der Waals surface area contributed by atoms with Crippen molar-refractivity contribution in [1.82, 2.24) is 9.88 Å². The Morgan fingerprint density at radius 1 is 1.22 bits per heavy atom. The lowest BCUT2D eigenvalue weighted by atomic mass is 10.0. The van der Waals surface area contributed by atoms with Crippen molar-refractivity contribution in [3.05, 3.63) is 66.5 Å². The predicted molar refractivity (Wildman–Crippen MR) is 105 cm³/mol. The van der Waals surface area contributed by atoms with Crippen molar-refractivity contribution >= 4 is 5.91 Å². The number of hydrogen-bond donors (Lipinski definition) is 0. The van der Waals surface area contributed by atoms with Gasteiger partial charge in [-0.1, -0.05) is 25.5 Å². The van der Waals surface area contributed by atoms with Crippen molar-refractivity contribution in [3.8, 4) is 11.5 Å². The number of benzene rings is 1. The molecule has 27 heavy (non-hydrogen) atoms. The quantitative estimate of drug-likeness (QED) is 0.711. The van der Waals surface area contributed by atoms with E-state index in [1.807, 2.05) is 17.0 Å². The first-order chi connectivity index (χ1) is 13.2. The van der Waals surface area contributed by atoms with Crippen LogP contribution in [-0.2, 0) is 0 Å². The molecule has 1 aromatic carbocycles. The highest BCUT2D eigenvalue weighted by atomic mass is 16.5. The molecular formula is C22H26N2O3. The van der Waals surface area contributed by atoms with Gasteiger partial charge in [-0.25, -0.2) is 0 Å². The lowest BCUT2D eigenvalue weighted by Crippen LogP contribution is -2.34. The van der Waals surface area contributed by atoms with E-state index in [0.29, 0.717) is 23.7 Å². The molecule has 2 aromatic rings. The maximum atomic E-state index is 13.3. The summed E-state index contributed by atoms with van der Waals surface area (Å²) in [4.78, 5) is 19.4. The Balaban J connectivity index is 1.88. The third kappa shape index (κ3) is 4.48. The van der Waals surface area contributed by atoms with Crippen molar-refractivity contribution in [2.75, 3.05) is 20.3 Å². The zero-order valence-corrected chi connectivity index (χ0v) is 15.8. The lowest BCUT2D eigenvalue weighted by Gasteiger charge is -2.30. The summed E-state index contributed by atoms with van der Waals surface area (Å²) in [5.74, 6) is 1.18. The van der Waals surface area contributed by atoms with Gasteiger partial charge in [-0.15, -0.1) is 0 Å². The molecule has 5 heteroatoms. The van der Waals surface area contributed by atoms with Gasteiger partial charge in [-0.3, -0.25) is 9.78 Å². The molecule has 0 saturated carbocycles. The van der Waals surface area contributed by atoms with Gasteiger partial charge in [0.15, 0.2) is 11.5 Å².